The quantitative estimate of drug-likeness (QED) is 0.0243. The van der Waals surface area contributed by atoms with Crippen LogP contribution in [0.3, 0.4) is 0 Å². The van der Waals surface area contributed by atoms with Gasteiger partial charge in [-0.25, -0.2) is 4.57 Å². The van der Waals surface area contributed by atoms with Gasteiger partial charge >= 0.3 is 7.82 Å². The van der Waals surface area contributed by atoms with E-state index in [2.05, 4.69) is 104 Å². The Kier molecular flexibility index (Phi) is 68.7. The second kappa shape index (κ2) is 70.7. The maximum absolute atomic E-state index is 13.1. The van der Waals surface area contributed by atoms with Gasteiger partial charge in [0.05, 0.1) is 39.9 Å². The van der Waals surface area contributed by atoms with E-state index in [1.807, 2.05) is 27.2 Å². The van der Waals surface area contributed by atoms with Crippen LogP contribution < -0.4 is 5.32 Å². The SMILES string of the molecule is CC/C=C\C/C=C\C/C=C\C/C=C\C/C=C\C/C=C\C/C=C\CCCCCCCCCCCCCCCCCC(=O)NC(COP(=O)(O)OCC[N+](C)(C)C)C(O)/C=C/CCCCCCCCCCCCCCCCCCCCCCCCCCCCCCC. The van der Waals surface area contributed by atoms with Gasteiger partial charge in [-0.3, -0.25) is 13.8 Å². The fraction of sp³-hybridized carbons (Fsp3) is 0.790. The van der Waals surface area contributed by atoms with Gasteiger partial charge in [-0.2, -0.15) is 0 Å². The molecule has 0 aromatic heterocycles. The highest BCUT2D eigenvalue weighted by Crippen LogP contribution is 2.43. The number of carbonyl (C=O) groups is 1. The molecular weight excluding hydrogens is 1130 g/mol. The van der Waals surface area contributed by atoms with Gasteiger partial charge in [0.1, 0.15) is 13.2 Å². The van der Waals surface area contributed by atoms with Crippen molar-refractivity contribution >= 4 is 13.7 Å². The molecule has 0 saturated carbocycles. The summed E-state index contributed by atoms with van der Waals surface area (Å²) in [7, 11) is 1.58. The maximum Gasteiger partial charge on any atom is 0.472 e. The zero-order chi connectivity index (χ0) is 65.5. The Labute approximate surface area is 559 Å². The highest BCUT2D eigenvalue weighted by Gasteiger charge is 2.28. The third kappa shape index (κ3) is 72.8. The van der Waals surface area contributed by atoms with Gasteiger partial charge in [0, 0.05) is 6.42 Å². The second-order valence-corrected chi connectivity index (χ2v) is 28.8. The predicted molar refractivity (Wildman–Crippen MR) is 396 cm³/mol. The molecule has 0 fully saturated rings. The number of quaternary nitrogens is 1. The minimum Gasteiger partial charge on any atom is -0.387 e. The van der Waals surface area contributed by atoms with E-state index >= 15 is 0 Å². The van der Waals surface area contributed by atoms with Crippen molar-refractivity contribution in [2.75, 3.05) is 40.9 Å². The Morgan fingerprint density at radius 1 is 0.389 bits per heavy atom. The molecule has 0 aliphatic carbocycles. The first-order chi connectivity index (χ1) is 44.0. The van der Waals surface area contributed by atoms with Crippen molar-refractivity contribution in [1.82, 2.24) is 5.32 Å². The van der Waals surface area contributed by atoms with E-state index in [0.29, 0.717) is 17.4 Å². The third-order valence-electron chi connectivity index (χ3n) is 17.3. The van der Waals surface area contributed by atoms with Crippen LogP contribution in [0.1, 0.15) is 361 Å². The molecule has 0 rings (SSSR count). The monoisotopic (exact) mass is 1280 g/mol. The average molecular weight is 1280 g/mol. The van der Waals surface area contributed by atoms with E-state index in [9.17, 15) is 19.4 Å². The minimum absolute atomic E-state index is 0.0596. The van der Waals surface area contributed by atoms with Gasteiger partial charge < -0.3 is 19.8 Å². The first kappa shape index (κ1) is 87.4. The van der Waals surface area contributed by atoms with Crippen LogP contribution in [0, 0.1) is 0 Å². The molecule has 3 unspecified atom stereocenters. The number of rotatable bonds is 71. The first-order valence-corrected chi connectivity index (χ1v) is 40.1. The predicted octanol–water partition coefficient (Wildman–Crippen LogP) is 25.2. The standard InChI is InChI=1S/C81H149N2O6P/c1-6-8-10-12-14-16-18-20-22-24-26-28-30-32-34-36-38-39-40-41-42-43-45-47-49-51-53-55-57-59-61-63-65-67-69-71-73-75-81(85)82-79(78-89-90(86,87)88-77-76-83(3,4)5)80(84)74-72-70-68-66-64-62-60-58-56-54-52-50-48-46-44-37-35-33-31-29-27-25-23-21-19-17-15-13-11-9-7-2/h8,10,14,16,20,22,26,28,32,34,38-39,41-42,72,74,79-80,84H,6-7,9,11-13,15,17-19,21,23-25,27,29-31,33,35-37,40,43-71,73,75-78H2,1-5H3,(H-,82,85,86,87)/p+1/b10-8-,16-14-,22-20-,28-26-,34-32-,39-38-,42-41-,74-72+. The molecule has 0 aromatic rings. The fourth-order valence-electron chi connectivity index (χ4n) is 11.4. The molecule has 0 bridgehead atoms. The molecular formula is C81H150N2O6P+. The number of aliphatic hydroxyl groups excluding tert-OH is 1. The summed E-state index contributed by atoms with van der Waals surface area (Å²) in [4.78, 5) is 23.5. The van der Waals surface area contributed by atoms with E-state index in [-0.39, 0.29) is 19.1 Å². The minimum atomic E-state index is -4.36. The van der Waals surface area contributed by atoms with Crippen LogP contribution in [-0.4, -0.2) is 73.4 Å². The summed E-state index contributed by atoms with van der Waals surface area (Å²) in [5, 5.41) is 14.1. The summed E-state index contributed by atoms with van der Waals surface area (Å²) in [5.74, 6) is -0.175. The second-order valence-electron chi connectivity index (χ2n) is 27.4. The van der Waals surface area contributed by atoms with Crippen molar-refractivity contribution in [3.63, 3.8) is 0 Å². The van der Waals surface area contributed by atoms with Crippen LogP contribution in [0.25, 0.3) is 0 Å². The van der Waals surface area contributed by atoms with E-state index in [0.717, 1.165) is 83.5 Å². The number of hydrogen-bond donors (Lipinski definition) is 3. The summed E-state index contributed by atoms with van der Waals surface area (Å²) in [6.07, 6.45) is 103. The van der Waals surface area contributed by atoms with E-state index in [1.165, 1.54) is 257 Å². The summed E-state index contributed by atoms with van der Waals surface area (Å²) in [5.41, 5.74) is 0. The Morgan fingerprint density at radius 3 is 0.978 bits per heavy atom. The third-order valence-corrected chi connectivity index (χ3v) is 18.3. The molecule has 0 heterocycles. The number of nitrogens with one attached hydrogen (secondary N) is 1. The largest absolute Gasteiger partial charge is 0.472 e. The fourth-order valence-corrected chi connectivity index (χ4v) is 12.1. The molecule has 524 valence electrons. The van der Waals surface area contributed by atoms with Crippen molar-refractivity contribution < 1.29 is 32.9 Å². The Balaban J connectivity index is 4.02. The topological polar surface area (TPSA) is 105 Å². The summed E-state index contributed by atoms with van der Waals surface area (Å²) >= 11 is 0. The number of phosphoric ester groups is 1. The van der Waals surface area contributed by atoms with Crippen molar-refractivity contribution in [2.24, 2.45) is 0 Å². The van der Waals surface area contributed by atoms with Crippen LogP contribution in [0.4, 0.5) is 0 Å². The first-order valence-electron chi connectivity index (χ1n) is 38.6. The summed E-state index contributed by atoms with van der Waals surface area (Å²) < 4.78 is 23.9. The molecule has 8 nitrogen and oxygen atoms in total. The van der Waals surface area contributed by atoms with E-state index in [4.69, 9.17) is 9.05 Å². The highest BCUT2D eigenvalue weighted by atomic mass is 31.2. The zero-order valence-corrected chi connectivity index (χ0v) is 61.0. The van der Waals surface area contributed by atoms with Crippen LogP contribution in [0.15, 0.2) is 97.2 Å². The van der Waals surface area contributed by atoms with Crippen LogP contribution >= 0.6 is 7.82 Å². The number of hydrogen-bond acceptors (Lipinski definition) is 5. The average Bonchev–Trinajstić information content (AvgIpc) is 3.18. The van der Waals surface area contributed by atoms with Gasteiger partial charge in [-0.05, 0) is 77.0 Å². The lowest BCUT2D eigenvalue weighted by molar-refractivity contribution is -0.870. The van der Waals surface area contributed by atoms with Crippen LogP contribution in [0.5, 0.6) is 0 Å². The molecule has 0 saturated heterocycles. The lowest BCUT2D eigenvalue weighted by atomic mass is 10.0. The van der Waals surface area contributed by atoms with Gasteiger partial charge in [-0.1, -0.05) is 374 Å². The van der Waals surface area contributed by atoms with E-state index in [1.54, 1.807) is 6.08 Å². The number of aliphatic hydroxyl groups is 1. The smallest absolute Gasteiger partial charge is 0.387 e. The number of amides is 1. The van der Waals surface area contributed by atoms with Crippen molar-refractivity contribution in [3.8, 4) is 0 Å². The number of phosphoric acid groups is 1. The molecule has 0 aromatic carbocycles. The number of nitrogens with zero attached hydrogens (tertiary/aromatic N) is 1. The van der Waals surface area contributed by atoms with Gasteiger partial charge in [0.15, 0.2) is 0 Å². The molecule has 1 amide bonds. The molecule has 3 N–H and O–H groups in total. The van der Waals surface area contributed by atoms with Crippen molar-refractivity contribution in [1.29, 1.82) is 0 Å². The number of carbonyl (C=O) groups excluding carboxylic acids is 1. The number of likely N-dealkylation sites (N-methyl/N-ethyl adjacent to an activating group) is 1. The molecule has 9 heteroatoms. The van der Waals surface area contributed by atoms with E-state index < -0.39 is 20.0 Å². The van der Waals surface area contributed by atoms with Crippen LogP contribution in [0.2, 0.25) is 0 Å². The molecule has 0 aliphatic heterocycles. The Hall–Kier alpha value is -2.58. The normalized spacial score (nSPS) is 14.1. The lowest BCUT2D eigenvalue weighted by Crippen LogP contribution is -2.45. The maximum atomic E-state index is 13.1. The number of unbranched alkanes of at least 4 members (excludes halogenated alkanes) is 44. The summed E-state index contributed by atoms with van der Waals surface area (Å²) in [6.45, 7) is 4.74. The summed E-state index contributed by atoms with van der Waals surface area (Å²) in [6, 6.07) is -0.853. The Morgan fingerprint density at radius 2 is 0.667 bits per heavy atom. The molecule has 0 radical (unpaired) electrons. The van der Waals surface area contributed by atoms with Gasteiger partial charge in [-0.15, -0.1) is 0 Å². The molecule has 0 spiro atoms. The lowest BCUT2D eigenvalue weighted by Gasteiger charge is -2.25. The number of allylic oxidation sites excluding steroid dienone is 15. The highest BCUT2D eigenvalue weighted by molar-refractivity contribution is 7.47. The van der Waals surface area contributed by atoms with Crippen molar-refractivity contribution in [2.45, 2.75) is 373 Å². The zero-order valence-electron chi connectivity index (χ0n) is 60.1. The van der Waals surface area contributed by atoms with Crippen molar-refractivity contribution in [3.05, 3.63) is 97.2 Å². The molecule has 90 heavy (non-hydrogen) atoms. The molecule has 0 aliphatic rings. The van der Waals surface area contributed by atoms with Gasteiger partial charge in [0.2, 0.25) is 5.91 Å². The molecule has 3 atom stereocenters. The van der Waals surface area contributed by atoms with Gasteiger partial charge in [0.25, 0.3) is 0 Å². The Bertz CT molecular complexity index is 1790. The van der Waals surface area contributed by atoms with Crippen LogP contribution in [-0.2, 0) is 18.4 Å².